The van der Waals surface area contributed by atoms with E-state index in [0.29, 0.717) is 10.0 Å². The van der Waals surface area contributed by atoms with Crippen LogP contribution in [0.1, 0.15) is 11.5 Å². The first kappa shape index (κ1) is 16.7. The maximum absolute atomic E-state index is 12.9. The zero-order valence-corrected chi connectivity index (χ0v) is 14.4. The Morgan fingerprint density at radius 3 is 1.91 bits per heavy atom. The highest BCUT2D eigenvalue weighted by Crippen LogP contribution is 2.55. The minimum absolute atomic E-state index is 0.0811. The van der Waals surface area contributed by atoms with Crippen molar-refractivity contribution in [2.75, 3.05) is 6.54 Å². The molecule has 1 aliphatic rings. The molecule has 0 spiro atoms. The molecule has 2 aromatic rings. The van der Waals surface area contributed by atoms with Crippen molar-refractivity contribution in [2.24, 2.45) is 11.5 Å². The Kier molecular flexibility index (Phi) is 4.19. The first-order chi connectivity index (χ1) is 10.8. The number of hydrogen-bond acceptors (Lipinski definition) is 4. The van der Waals surface area contributed by atoms with Gasteiger partial charge in [0.25, 0.3) is 0 Å². The normalized spacial score (nSPS) is 27.0. The third-order valence-electron chi connectivity index (χ3n) is 4.36. The monoisotopic (exact) mass is 370 g/mol. The first-order valence-electron chi connectivity index (χ1n) is 7.04. The van der Waals surface area contributed by atoms with E-state index in [9.17, 15) is 8.42 Å². The average molecular weight is 371 g/mol. The molecule has 3 rings (SSSR count). The SMILES string of the molecule is NC[C@@]1(N)[C@H](c2ccc(Cl)cc2)[C@@H]1S(=O)(=O)c1ccc(Cl)cc1. The van der Waals surface area contributed by atoms with Crippen molar-refractivity contribution >= 4 is 33.0 Å². The summed E-state index contributed by atoms with van der Waals surface area (Å²) in [6.45, 7) is 0.0811. The second-order valence-corrected chi connectivity index (χ2v) is 8.71. The quantitative estimate of drug-likeness (QED) is 0.865. The fourth-order valence-electron chi connectivity index (χ4n) is 3.06. The molecule has 23 heavy (non-hydrogen) atoms. The maximum atomic E-state index is 12.9. The van der Waals surface area contributed by atoms with Gasteiger partial charge < -0.3 is 11.5 Å². The van der Waals surface area contributed by atoms with Crippen molar-refractivity contribution in [3.05, 3.63) is 64.1 Å². The lowest BCUT2D eigenvalue weighted by molar-refractivity contribution is 0.586. The third kappa shape index (κ3) is 2.77. The van der Waals surface area contributed by atoms with Gasteiger partial charge in [-0.2, -0.15) is 0 Å². The molecule has 7 heteroatoms. The Morgan fingerprint density at radius 1 is 0.957 bits per heavy atom. The molecule has 122 valence electrons. The number of hydrogen-bond donors (Lipinski definition) is 2. The van der Waals surface area contributed by atoms with E-state index in [4.69, 9.17) is 34.7 Å². The molecule has 3 atom stereocenters. The zero-order valence-electron chi connectivity index (χ0n) is 12.1. The molecule has 0 aromatic heterocycles. The Morgan fingerprint density at radius 2 is 1.43 bits per heavy atom. The number of sulfone groups is 1. The van der Waals surface area contributed by atoms with Gasteiger partial charge in [-0.15, -0.1) is 0 Å². The van der Waals surface area contributed by atoms with Crippen LogP contribution >= 0.6 is 23.2 Å². The summed E-state index contributed by atoms with van der Waals surface area (Å²) in [5.74, 6) is -0.356. The molecule has 0 amide bonds. The smallest absolute Gasteiger partial charge is 0.183 e. The molecular formula is C16H16Cl2N2O2S. The highest BCUT2D eigenvalue weighted by molar-refractivity contribution is 7.92. The van der Waals surface area contributed by atoms with E-state index in [-0.39, 0.29) is 17.4 Å². The molecule has 0 unspecified atom stereocenters. The summed E-state index contributed by atoms with van der Waals surface area (Å²) in [6.07, 6.45) is 0. The number of halogens is 2. The van der Waals surface area contributed by atoms with Gasteiger partial charge in [0.15, 0.2) is 9.84 Å². The Labute approximate surface area is 145 Å². The molecule has 4 nitrogen and oxygen atoms in total. The summed E-state index contributed by atoms with van der Waals surface area (Å²) in [4.78, 5) is 0.201. The van der Waals surface area contributed by atoms with E-state index < -0.39 is 20.6 Å². The van der Waals surface area contributed by atoms with Crippen LogP contribution in [0.4, 0.5) is 0 Å². The minimum atomic E-state index is -3.61. The van der Waals surface area contributed by atoms with Gasteiger partial charge in [0, 0.05) is 22.5 Å². The summed E-state index contributed by atoms with van der Waals surface area (Å²) in [5.41, 5.74) is 11.9. The summed E-state index contributed by atoms with van der Waals surface area (Å²) in [6, 6.07) is 13.1. The average Bonchev–Trinajstić information content (AvgIpc) is 3.16. The van der Waals surface area contributed by atoms with Crippen molar-refractivity contribution in [2.45, 2.75) is 21.6 Å². The van der Waals surface area contributed by atoms with E-state index in [2.05, 4.69) is 0 Å². The lowest BCUT2D eigenvalue weighted by Crippen LogP contribution is -2.39. The molecule has 0 bridgehead atoms. The van der Waals surface area contributed by atoms with Crippen molar-refractivity contribution in [1.82, 2.24) is 0 Å². The largest absolute Gasteiger partial charge is 0.329 e. The molecular weight excluding hydrogens is 355 g/mol. The van der Waals surface area contributed by atoms with Gasteiger partial charge in [-0.1, -0.05) is 35.3 Å². The number of rotatable bonds is 4. The van der Waals surface area contributed by atoms with Crippen LogP contribution in [0.25, 0.3) is 0 Å². The lowest BCUT2D eigenvalue weighted by Gasteiger charge is -2.09. The predicted octanol–water partition coefficient (Wildman–Crippen LogP) is 2.59. The standard InChI is InChI=1S/C16H16Cl2N2O2S/c17-11-3-1-10(2-4-11)14-15(16(14,20)9-19)23(21,22)13-7-5-12(18)6-8-13/h1-8,14-15H,9,19-20H2/t14-,15+,16-/m1/s1. The molecule has 1 saturated carbocycles. The molecule has 1 fully saturated rings. The van der Waals surface area contributed by atoms with Gasteiger partial charge in [0.05, 0.1) is 15.7 Å². The second kappa shape index (κ2) is 5.76. The fraction of sp³-hybridized carbons (Fsp3) is 0.250. The van der Waals surface area contributed by atoms with Crippen molar-refractivity contribution in [1.29, 1.82) is 0 Å². The van der Waals surface area contributed by atoms with Gasteiger partial charge in [-0.25, -0.2) is 8.42 Å². The summed E-state index contributed by atoms with van der Waals surface area (Å²) in [7, 11) is -3.61. The maximum Gasteiger partial charge on any atom is 0.183 e. The third-order valence-corrected chi connectivity index (χ3v) is 7.17. The Balaban J connectivity index is 2.01. The topological polar surface area (TPSA) is 86.2 Å². The molecule has 2 aromatic carbocycles. The van der Waals surface area contributed by atoms with Gasteiger partial charge >= 0.3 is 0 Å². The van der Waals surface area contributed by atoms with Crippen molar-refractivity contribution < 1.29 is 8.42 Å². The Bertz CT molecular complexity index is 822. The molecule has 0 heterocycles. The van der Waals surface area contributed by atoms with Gasteiger partial charge in [0.1, 0.15) is 0 Å². The molecule has 0 radical (unpaired) electrons. The van der Waals surface area contributed by atoms with E-state index in [1.54, 1.807) is 36.4 Å². The highest BCUT2D eigenvalue weighted by atomic mass is 35.5. The minimum Gasteiger partial charge on any atom is -0.329 e. The van der Waals surface area contributed by atoms with Crippen molar-refractivity contribution in [3.63, 3.8) is 0 Å². The van der Waals surface area contributed by atoms with Crippen LogP contribution < -0.4 is 11.5 Å². The molecule has 4 N–H and O–H groups in total. The van der Waals surface area contributed by atoms with Crippen LogP contribution in [0, 0.1) is 0 Å². The van der Waals surface area contributed by atoms with Crippen LogP contribution in [-0.4, -0.2) is 25.8 Å². The lowest BCUT2D eigenvalue weighted by atomic mass is 10.1. The van der Waals surface area contributed by atoms with E-state index in [1.165, 1.54) is 12.1 Å². The second-order valence-electron chi connectivity index (χ2n) is 5.77. The van der Waals surface area contributed by atoms with Crippen LogP contribution in [0.2, 0.25) is 10.0 Å². The van der Waals surface area contributed by atoms with Gasteiger partial charge in [-0.05, 0) is 42.0 Å². The summed E-state index contributed by atoms with van der Waals surface area (Å²) in [5, 5.41) is 0.302. The zero-order chi connectivity index (χ0) is 16.8. The predicted molar refractivity (Wildman–Crippen MR) is 92.6 cm³/mol. The van der Waals surface area contributed by atoms with Crippen molar-refractivity contribution in [3.8, 4) is 0 Å². The fourth-order valence-corrected chi connectivity index (χ4v) is 5.63. The van der Waals surface area contributed by atoms with Gasteiger partial charge in [-0.3, -0.25) is 0 Å². The van der Waals surface area contributed by atoms with Crippen LogP contribution in [0.5, 0.6) is 0 Å². The van der Waals surface area contributed by atoms with Crippen LogP contribution in [0.3, 0.4) is 0 Å². The van der Waals surface area contributed by atoms with Crippen LogP contribution in [-0.2, 0) is 9.84 Å². The number of benzene rings is 2. The highest BCUT2D eigenvalue weighted by Gasteiger charge is 2.68. The summed E-state index contributed by atoms with van der Waals surface area (Å²) < 4.78 is 25.9. The first-order valence-corrected chi connectivity index (χ1v) is 9.35. The Hall–Kier alpha value is -1.11. The van der Waals surface area contributed by atoms with E-state index in [0.717, 1.165) is 5.56 Å². The van der Waals surface area contributed by atoms with E-state index in [1.807, 2.05) is 0 Å². The molecule has 0 saturated heterocycles. The molecule has 1 aliphatic carbocycles. The van der Waals surface area contributed by atoms with Crippen LogP contribution in [0.15, 0.2) is 53.4 Å². The summed E-state index contributed by atoms with van der Waals surface area (Å²) >= 11 is 11.7. The molecule has 0 aliphatic heterocycles. The van der Waals surface area contributed by atoms with Gasteiger partial charge in [0.2, 0.25) is 0 Å². The number of nitrogens with two attached hydrogens (primary N) is 2. The van der Waals surface area contributed by atoms with E-state index >= 15 is 0 Å².